The van der Waals surface area contributed by atoms with Crippen LogP contribution in [0.5, 0.6) is 0 Å². The van der Waals surface area contributed by atoms with Gasteiger partial charge in [-0.15, -0.1) is 11.3 Å². The molecule has 1 aliphatic carbocycles. The molecule has 2 atom stereocenters. The van der Waals surface area contributed by atoms with E-state index in [1.165, 1.54) is 56.7 Å². The number of thiazole rings is 1. The van der Waals surface area contributed by atoms with Gasteiger partial charge >= 0.3 is 0 Å². The van der Waals surface area contributed by atoms with E-state index < -0.39 is 0 Å². The Labute approximate surface area is 132 Å². The van der Waals surface area contributed by atoms with E-state index in [0.717, 1.165) is 22.1 Å². The first kappa shape index (κ1) is 13.1. The maximum atomic E-state index is 4.88. The molecule has 2 unspecified atom stereocenters. The van der Waals surface area contributed by atoms with Gasteiger partial charge in [-0.3, -0.25) is 4.40 Å². The lowest BCUT2D eigenvalue weighted by Crippen LogP contribution is -2.42. The number of anilines is 1. The van der Waals surface area contributed by atoms with E-state index in [2.05, 4.69) is 36.8 Å². The number of nitrogens with zero attached hydrogens (tertiary/aromatic N) is 3. The number of alkyl halides is 1. The highest BCUT2D eigenvalue weighted by Gasteiger charge is 2.32. The third-order valence-corrected chi connectivity index (χ3v) is 6.34. The lowest BCUT2D eigenvalue weighted by Gasteiger charge is -2.41. The Balaban J connectivity index is 1.64. The molecular formula is C15H20BrN3S. The SMILES string of the molecule is BrCc1c(N2CCC3CCCCC3C2)nc2sccn12. The van der Waals surface area contributed by atoms with Gasteiger partial charge in [0.25, 0.3) is 0 Å². The van der Waals surface area contributed by atoms with E-state index >= 15 is 0 Å². The van der Waals surface area contributed by atoms with Crippen molar-refractivity contribution in [3.63, 3.8) is 0 Å². The predicted octanol–water partition coefficient (Wildman–Crippen LogP) is 4.31. The van der Waals surface area contributed by atoms with Gasteiger partial charge < -0.3 is 4.90 Å². The van der Waals surface area contributed by atoms with Crippen LogP contribution in [0.25, 0.3) is 4.96 Å². The number of hydrogen-bond donors (Lipinski definition) is 0. The minimum atomic E-state index is 0.880. The van der Waals surface area contributed by atoms with Crippen molar-refractivity contribution in [3.05, 3.63) is 17.3 Å². The Hall–Kier alpha value is -0.550. The second-order valence-corrected chi connectivity index (χ2v) is 7.54. The molecule has 2 fully saturated rings. The highest BCUT2D eigenvalue weighted by atomic mass is 79.9. The third kappa shape index (κ3) is 2.10. The second-order valence-electron chi connectivity index (χ2n) is 6.11. The zero-order valence-corrected chi connectivity index (χ0v) is 14.0. The normalized spacial score (nSPS) is 26.9. The molecule has 2 aliphatic rings. The number of fused-ring (bicyclic) bond motifs is 2. The number of imidazole rings is 1. The lowest BCUT2D eigenvalue weighted by atomic mass is 9.75. The Morgan fingerprint density at radius 2 is 2.10 bits per heavy atom. The summed E-state index contributed by atoms with van der Waals surface area (Å²) in [6.07, 6.45) is 9.26. The van der Waals surface area contributed by atoms with Crippen LogP contribution in [0.15, 0.2) is 11.6 Å². The van der Waals surface area contributed by atoms with Crippen LogP contribution in [0.1, 0.15) is 37.8 Å². The van der Waals surface area contributed by atoms with Crippen LogP contribution >= 0.6 is 27.3 Å². The minimum Gasteiger partial charge on any atom is -0.355 e. The van der Waals surface area contributed by atoms with Crippen molar-refractivity contribution < 1.29 is 0 Å². The highest BCUT2D eigenvalue weighted by Crippen LogP contribution is 2.38. The van der Waals surface area contributed by atoms with E-state index in [9.17, 15) is 0 Å². The summed E-state index contributed by atoms with van der Waals surface area (Å²) < 4.78 is 2.24. The van der Waals surface area contributed by atoms with E-state index in [1.54, 1.807) is 11.3 Å². The Morgan fingerprint density at radius 1 is 1.25 bits per heavy atom. The van der Waals surface area contributed by atoms with Crippen LogP contribution in [-0.2, 0) is 5.33 Å². The van der Waals surface area contributed by atoms with Crippen LogP contribution < -0.4 is 4.90 Å². The predicted molar refractivity (Wildman–Crippen MR) is 88.0 cm³/mol. The molecule has 1 saturated carbocycles. The fraction of sp³-hybridized carbons (Fsp3) is 0.667. The molecule has 3 heterocycles. The van der Waals surface area contributed by atoms with Gasteiger partial charge in [0.15, 0.2) is 10.8 Å². The van der Waals surface area contributed by atoms with Crippen LogP contribution in [0.3, 0.4) is 0 Å². The number of piperidine rings is 1. The monoisotopic (exact) mass is 353 g/mol. The first-order valence-electron chi connectivity index (χ1n) is 7.62. The zero-order chi connectivity index (χ0) is 13.5. The Kier molecular flexibility index (Phi) is 3.50. The highest BCUT2D eigenvalue weighted by molar-refractivity contribution is 9.08. The lowest BCUT2D eigenvalue weighted by molar-refractivity contribution is 0.202. The molecule has 0 spiro atoms. The van der Waals surface area contributed by atoms with Gasteiger partial charge in [-0.1, -0.05) is 35.2 Å². The molecule has 108 valence electrons. The van der Waals surface area contributed by atoms with Crippen molar-refractivity contribution in [3.8, 4) is 0 Å². The molecule has 1 aliphatic heterocycles. The van der Waals surface area contributed by atoms with Crippen LogP contribution in [0, 0.1) is 11.8 Å². The molecule has 0 amide bonds. The molecule has 0 radical (unpaired) electrons. The van der Waals surface area contributed by atoms with Gasteiger partial charge in [0.1, 0.15) is 0 Å². The fourth-order valence-corrected chi connectivity index (χ4v) is 5.24. The summed E-state index contributed by atoms with van der Waals surface area (Å²) in [7, 11) is 0. The van der Waals surface area contributed by atoms with Gasteiger partial charge in [-0.05, 0) is 24.7 Å². The van der Waals surface area contributed by atoms with Gasteiger partial charge in [-0.25, -0.2) is 4.98 Å². The van der Waals surface area contributed by atoms with Crippen molar-refractivity contribution in [2.75, 3.05) is 18.0 Å². The summed E-state index contributed by atoms with van der Waals surface area (Å²) in [5, 5.41) is 3.00. The standard InChI is InChI=1S/C15H20BrN3S/c16-9-13-14(17-15-19(13)7-8-20-15)18-6-5-11-3-1-2-4-12(11)10-18/h7-8,11-12H,1-6,9-10H2. The van der Waals surface area contributed by atoms with E-state index in [-0.39, 0.29) is 0 Å². The molecule has 2 aromatic heterocycles. The van der Waals surface area contributed by atoms with E-state index in [0.29, 0.717) is 0 Å². The van der Waals surface area contributed by atoms with Gasteiger partial charge in [0.05, 0.1) is 5.69 Å². The van der Waals surface area contributed by atoms with Crippen molar-refractivity contribution >= 4 is 38.0 Å². The van der Waals surface area contributed by atoms with E-state index in [1.807, 2.05) is 0 Å². The van der Waals surface area contributed by atoms with Gasteiger partial charge in [0, 0.05) is 30.0 Å². The molecule has 20 heavy (non-hydrogen) atoms. The molecule has 3 nitrogen and oxygen atoms in total. The molecule has 2 aromatic rings. The van der Waals surface area contributed by atoms with Crippen LogP contribution in [-0.4, -0.2) is 22.5 Å². The maximum absolute atomic E-state index is 4.88. The average molecular weight is 354 g/mol. The topological polar surface area (TPSA) is 20.5 Å². The Morgan fingerprint density at radius 3 is 2.95 bits per heavy atom. The van der Waals surface area contributed by atoms with Gasteiger partial charge in [-0.2, -0.15) is 0 Å². The minimum absolute atomic E-state index is 0.880. The zero-order valence-electron chi connectivity index (χ0n) is 11.6. The summed E-state index contributed by atoms with van der Waals surface area (Å²) in [5.41, 5.74) is 1.32. The van der Waals surface area contributed by atoms with Crippen LogP contribution in [0.2, 0.25) is 0 Å². The first-order valence-corrected chi connectivity index (χ1v) is 9.62. The Bertz CT molecular complexity index is 605. The molecule has 4 rings (SSSR count). The maximum Gasteiger partial charge on any atom is 0.195 e. The van der Waals surface area contributed by atoms with Gasteiger partial charge in [0.2, 0.25) is 0 Å². The number of hydrogen-bond acceptors (Lipinski definition) is 3. The molecule has 0 N–H and O–H groups in total. The largest absolute Gasteiger partial charge is 0.355 e. The number of rotatable bonds is 2. The molecule has 1 saturated heterocycles. The molecule has 5 heteroatoms. The molecular weight excluding hydrogens is 334 g/mol. The third-order valence-electron chi connectivity index (χ3n) is 5.06. The smallest absolute Gasteiger partial charge is 0.195 e. The van der Waals surface area contributed by atoms with Crippen molar-refractivity contribution in [2.45, 2.75) is 37.4 Å². The fourth-order valence-electron chi connectivity index (χ4n) is 3.99. The quantitative estimate of drug-likeness (QED) is 0.750. The summed E-state index contributed by atoms with van der Waals surface area (Å²) in [4.78, 5) is 8.55. The second kappa shape index (κ2) is 5.34. The summed E-state index contributed by atoms with van der Waals surface area (Å²) >= 11 is 5.37. The van der Waals surface area contributed by atoms with Crippen molar-refractivity contribution in [1.82, 2.24) is 9.38 Å². The number of halogens is 1. The average Bonchev–Trinajstić information content (AvgIpc) is 3.07. The van der Waals surface area contributed by atoms with E-state index in [4.69, 9.17) is 4.98 Å². The van der Waals surface area contributed by atoms with Crippen LogP contribution in [0.4, 0.5) is 5.82 Å². The molecule has 0 aromatic carbocycles. The van der Waals surface area contributed by atoms with Crippen molar-refractivity contribution in [2.24, 2.45) is 11.8 Å². The summed E-state index contributed by atoms with van der Waals surface area (Å²) in [6, 6.07) is 0. The first-order chi connectivity index (χ1) is 9.86. The number of aromatic nitrogens is 2. The van der Waals surface area contributed by atoms with Crippen molar-refractivity contribution in [1.29, 1.82) is 0 Å². The summed E-state index contributed by atoms with van der Waals surface area (Å²) in [6.45, 7) is 2.40. The molecule has 0 bridgehead atoms. The summed E-state index contributed by atoms with van der Waals surface area (Å²) in [5.74, 6) is 3.11.